The molecular formula is C14H9F. The van der Waals surface area contributed by atoms with Gasteiger partial charge in [-0.05, 0) is 29.3 Å². The third-order valence-corrected chi connectivity index (χ3v) is 2.14. The maximum atomic E-state index is 12.4. The molecular weight excluding hydrogens is 187 g/mol. The molecule has 0 fully saturated rings. The number of benzene rings is 2. The van der Waals surface area contributed by atoms with Gasteiger partial charge in [-0.25, -0.2) is 4.39 Å². The molecule has 0 atom stereocenters. The Morgan fingerprint density at radius 1 is 0.933 bits per heavy atom. The summed E-state index contributed by atoms with van der Waals surface area (Å²) in [6.07, 6.45) is 4.96. The Bertz CT molecular complexity index is 504. The fourth-order valence-electron chi connectivity index (χ4n) is 1.25. The van der Waals surface area contributed by atoms with Gasteiger partial charge in [0, 0.05) is 0 Å². The molecule has 0 nitrogen and oxygen atoms in total. The van der Waals surface area contributed by atoms with Crippen molar-refractivity contribution in [2.75, 3.05) is 0 Å². The van der Waals surface area contributed by atoms with E-state index in [1.54, 1.807) is 18.2 Å². The van der Waals surface area contributed by atoms with Crippen LogP contribution in [0, 0.1) is 18.2 Å². The predicted molar refractivity (Wildman–Crippen MR) is 59.8 cm³/mol. The predicted octanol–water partition coefficient (Wildman–Crippen LogP) is 3.47. The Morgan fingerprint density at radius 2 is 1.60 bits per heavy atom. The van der Waals surface area contributed by atoms with Gasteiger partial charge in [0.2, 0.25) is 0 Å². The Kier molecular flexibility index (Phi) is 2.51. The molecule has 0 saturated carbocycles. The van der Waals surface area contributed by atoms with E-state index in [-0.39, 0.29) is 5.82 Å². The van der Waals surface area contributed by atoms with Crippen LogP contribution in [-0.4, -0.2) is 0 Å². The third kappa shape index (κ3) is 2.24. The molecule has 2 aliphatic rings. The van der Waals surface area contributed by atoms with Crippen LogP contribution in [0.1, 0.15) is 5.56 Å². The summed E-state index contributed by atoms with van der Waals surface area (Å²) in [5, 5.41) is 0. The molecule has 3 rings (SSSR count). The van der Waals surface area contributed by atoms with Crippen LogP contribution in [0.2, 0.25) is 0 Å². The van der Waals surface area contributed by atoms with Crippen LogP contribution in [0.4, 0.5) is 4.39 Å². The van der Waals surface area contributed by atoms with Crippen LogP contribution in [0.3, 0.4) is 0 Å². The molecule has 0 radical (unpaired) electrons. The molecule has 0 aliphatic heterocycles. The molecule has 0 unspecified atom stereocenters. The van der Waals surface area contributed by atoms with Crippen LogP contribution < -0.4 is 0 Å². The van der Waals surface area contributed by atoms with Crippen LogP contribution in [-0.2, 0) is 0 Å². The first kappa shape index (κ1) is 9.48. The number of terminal acetylenes is 1. The average Bonchev–Trinajstić information content (AvgIpc) is 2.87. The number of hydrogen-bond acceptors (Lipinski definition) is 0. The largest absolute Gasteiger partial charge is 0.206 e. The zero-order valence-corrected chi connectivity index (χ0v) is 8.07. The van der Waals surface area contributed by atoms with E-state index in [0.29, 0.717) is 5.56 Å². The van der Waals surface area contributed by atoms with Gasteiger partial charge in [0.05, 0.1) is 5.56 Å². The van der Waals surface area contributed by atoms with Crippen molar-refractivity contribution in [3.05, 3.63) is 59.9 Å². The molecule has 15 heavy (non-hydrogen) atoms. The molecule has 0 saturated heterocycles. The van der Waals surface area contributed by atoms with Gasteiger partial charge in [-0.15, -0.1) is 6.42 Å². The van der Waals surface area contributed by atoms with Crippen molar-refractivity contribution in [2.45, 2.75) is 0 Å². The van der Waals surface area contributed by atoms with Gasteiger partial charge in [-0.3, -0.25) is 0 Å². The van der Waals surface area contributed by atoms with E-state index in [1.165, 1.54) is 17.2 Å². The average molecular weight is 196 g/mol. The summed E-state index contributed by atoms with van der Waals surface area (Å²) in [6.45, 7) is 0. The van der Waals surface area contributed by atoms with E-state index >= 15 is 0 Å². The fraction of sp³-hybridized carbons (Fsp3) is 0. The second kappa shape index (κ2) is 3.98. The van der Waals surface area contributed by atoms with Crippen LogP contribution in [0.15, 0.2) is 48.5 Å². The van der Waals surface area contributed by atoms with E-state index in [2.05, 4.69) is 30.2 Å². The summed E-state index contributed by atoms with van der Waals surface area (Å²) >= 11 is 0. The molecule has 0 N–H and O–H groups in total. The lowest BCUT2D eigenvalue weighted by molar-refractivity contribution is 0.624. The van der Waals surface area contributed by atoms with Crippen molar-refractivity contribution in [2.24, 2.45) is 0 Å². The zero-order valence-electron chi connectivity index (χ0n) is 8.07. The topological polar surface area (TPSA) is 0 Å². The number of hydrogen-bond donors (Lipinski definition) is 0. The Balaban J connectivity index is 0.000000121. The maximum Gasteiger partial charge on any atom is 0.138 e. The van der Waals surface area contributed by atoms with Gasteiger partial charge in [-0.1, -0.05) is 36.3 Å². The number of halogens is 1. The lowest BCUT2D eigenvalue weighted by Gasteiger charge is -1.88. The van der Waals surface area contributed by atoms with E-state index in [0.717, 1.165) is 0 Å². The van der Waals surface area contributed by atoms with Crippen LogP contribution >= 0.6 is 0 Å². The van der Waals surface area contributed by atoms with Crippen molar-refractivity contribution < 1.29 is 4.39 Å². The highest BCUT2D eigenvalue weighted by Crippen LogP contribution is 2.32. The van der Waals surface area contributed by atoms with Crippen LogP contribution in [0.25, 0.3) is 11.1 Å². The molecule has 0 aromatic heterocycles. The molecule has 0 amide bonds. The maximum absolute atomic E-state index is 12.4. The highest BCUT2D eigenvalue weighted by atomic mass is 19.1. The molecule has 0 heterocycles. The van der Waals surface area contributed by atoms with Gasteiger partial charge in [0.15, 0.2) is 0 Å². The van der Waals surface area contributed by atoms with E-state index in [1.807, 2.05) is 0 Å². The summed E-state index contributed by atoms with van der Waals surface area (Å²) in [4.78, 5) is 0. The molecule has 1 aromatic carbocycles. The fourth-order valence-corrected chi connectivity index (χ4v) is 1.25. The van der Waals surface area contributed by atoms with Gasteiger partial charge >= 0.3 is 0 Å². The van der Waals surface area contributed by atoms with E-state index in [4.69, 9.17) is 6.42 Å². The minimum Gasteiger partial charge on any atom is -0.206 e. The van der Waals surface area contributed by atoms with Gasteiger partial charge in [0.1, 0.15) is 5.82 Å². The van der Waals surface area contributed by atoms with Crippen molar-refractivity contribution in [1.29, 1.82) is 0 Å². The SMILES string of the molecule is C#Cc1ccccc1F.c1cc2cc-2c1. The summed E-state index contributed by atoms with van der Waals surface area (Å²) in [7, 11) is 0. The lowest BCUT2D eigenvalue weighted by atomic mass is 10.2. The molecule has 0 spiro atoms. The van der Waals surface area contributed by atoms with Gasteiger partial charge in [-0.2, -0.15) is 0 Å². The first-order valence-electron chi connectivity index (χ1n) is 4.63. The van der Waals surface area contributed by atoms with Crippen molar-refractivity contribution in [3.8, 4) is 23.5 Å². The summed E-state index contributed by atoms with van der Waals surface area (Å²) in [6, 6.07) is 14.7. The molecule has 1 heteroatoms. The highest BCUT2D eigenvalue weighted by molar-refractivity contribution is 5.80. The van der Waals surface area contributed by atoms with Crippen molar-refractivity contribution in [1.82, 2.24) is 0 Å². The minimum atomic E-state index is -0.333. The van der Waals surface area contributed by atoms with Gasteiger partial charge < -0.3 is 0 Å². The lowest BCUT2D eigenvalue weighted by Crippen LogP contribution is -1.78. The number of fused-ring (bicyclic) bond motifs is 1. The van der Waals surface area contributed by atoms with Crippen LogP contribution in [0.5, 0.6) is 0 Å². The smallest absolute Gasteiger partial charge is 0.138 e. The Labute approximate surface area is 88.4 Å². The van der Waals surface area contributed by atoms with E-state index in [9.17, 15) is 4.39 Å². The molecule has 72 valence electrons. The second-order valence-corrected chi connectivity index (χ2v) is 3.20. The standard InChI is InChI=1S/C8H5F.C6H4/c1-2-7-5-3-4-6-8(7)9;1-2-5-4-6(5)3-1/h1,3-6H;1-4H. The molecule has 0 bridgehead atoms. The molecule has 1 aromatic rings. The third-order valence-electron chi connectivity index (χ3n) is 2.14. The summed E-state index contributed by atoms with van der Waals surface area (Å²) < 4.78 is 12.4. The zero-order chi connectivity index (χ0) is 10.7. The van der Waals surface area contributed by atoms with E-state index < -0.39 is 0 Å². The van der Waals surface area contributed by atoms with Gasteiger partial charge in [0.25, 0.3) is 0 Å². The Hall–Kier alpha value is -2.07. The van der Waals surface area contributed by atoms with Crippen molar-refractivity contribution in [3.63, 3.8) is 0 Å². The summed E-state index contributed by atoms with van der Waals surface area (Å²) in [5.41, 5.74) is 3.17. The second-order valence-electron chi connectivity index (χ2n) is 3.20. The van der Waals surface area contributed by atoms with Crippen molar-refractivity contribution >= 4 is 0 Å². The Morgan fingerprint density at radius 3 is 1.93 bits per heavy atom. The quantitative estimate of drug-likeness (QED) is 0.483. The molecule has 2 aliphatic carbocycles. The first-order valence-corrected chi connectivity index (χ1v) is 4.63. The normalized spacial score (nSPS) is 9.60. The highest BCUT2D eigenvalue weighted by Gasteiger charge is 2.06. The summed E-state index contributed by atoms with van der Waals surface area (Å²) in [5.74, 6) is 1.89. The first-order chi connectivity index (χ1) is 7.31. The number of rotatable bonds is 0. The monoisotopic (exact) mass is 196 g/mol. The minimum absolute atomic E-state index is 0.317.